The van der Waals surface area contributed by atoms with Crippen LogP contribution in [0.25, 0.3) is 0 Å². The molecule has 1 aliphatic rings. The minimum absolute atomic E-state index is 0.375. The van der Waals surface area contributed by atoms with E-state index >= 15 is 0 Å². The first-order valence-electron chi connectivity index (χ1n) is 6.20. The summed E-state index contributed by atoms with van der Waals surface area (Å²) < 4.78 is 26.1. The number of nitrogens with zero attached hydrogens (tertiary/aromatic N) is 1. The van der Waals surface area contributed by atoms with Crippen molar-refractivity contribution in [2.45, 2.75) is 15.9 Å². The highest BCUT2D eigenvalue weighted by Crippen LogP contribution is 2.39. The third kappa shape index (κ3) is 2.41. The molecule has 0 saturated heterocycles. The van der Waals surface area contributed by atoms with Crippen molar-refractivity contribution >= 4 is 23.4 Å². The maximum atomic E-state index is 13.2. The van der Waals surface area contributed by atoms with Crippen LogP contribution in [-0.2, 0) is 4.79 Å². The number of likely N-dealkylation sites (N-methyl/N-ethyl adjacent to an activating group) is 1. The Bertz CT molecular complexity index is 736. The molecule has 2 aromatic carbocycles. The zero-order chi connectivity index (χ0) is 15.1. The lowest BCUT2D eigenvalue weighted by Crippen LogP contribution is -2.23. The van der Waals surface area contributed by atoms with Crippen molar-refractivity contribution in [3.8, 4) is 0 Å². The molecule has 1 amide bonds. The Balaban J connectivity index is 1.91. The first kappa shape index (κ1) is 14.0. The number of carbonyl (C=O) groups excluding carboxylic acids is 1. The van der Waals surface area contributed by atoms with Crippen LogP contribution in [0.4, 0.5) is 14.5 Å². The maximum absolute atomic E-state index is 13.2. The Morgan fingerprint density at radius 2 is 1.76 bits per heavy atom. The largest absolute Gasteiger partial charge is 0.378 e. The molecule has 0 aromatic heterocycles. The van der Waals surface area contributed by atoms with Crippen molar-refractivity contribution in [2.24, 2.45) is 0 Å². The number of hydrogen-bond acceptors (Lipinski definition) is 3. The van der Waals surface area contributed by atoms with Crippen molar-refractivity contribution in [1.29, 1.82) is 0 Å². The molecule has 3 rings (SSSR count). The number of aliphatic hydroxyl groups is 1. The molecule has 1 unspecified atom stereocenters. The minimum Gasteiger partial charge on any atom is -0.378 e. The molecular formula is C15H11F2NO2S. The molecule has 21 heavy (non-hydrogen) atoms. The first-order valence-corrected chi connectivity index (χ1v) is 7.01. The number of benzene rings is 2. The van der Waals surface area contributed by atoms with E-state index in [1.807, 2.05) is 0 Å². The summed E-state index contributed by atoms with van der Waals surface area (Å²) in [5, 5.41) is 9.78. The van der Waals surface area contributed by atoms with Gasteiger partial charge in [0.05, 0.1) is 5.69 Å². The van der Waals surface area contributed by atoms with Crippen LogP contribution in [-0.4, -0.2) is 18.1 Å². The van der Waals surface area contributed by atoms with Crippen molar-refractivity contribution in [3.63, 3.8) is 0 Å². The van der Waals surface area contributed by atoms with Crippen LogP contribution in [0.2, 0.25) is 0 Å². The normalized spacial score (nSPS) is 17.2. The van der Waals surface area contributed by atoms with Gasteiger partial charge in [0.1, 0.15) is 0 Å². The van der Waals surface area contributed by atoms with Crippen molar-refractivity contribution in [3.05, 3.63) is 53.6 Å². The molecule has 0 aliphatic carbocycles. The van der Waals surface area contributed by atoms with E-state index in [4.69, 9.17) is 0 Å². The predicted molar refractivity (Wildman–Crippen MR) is 75.3 cm³/mol. The van der Waals surface area contributed by atoms with Crippen LogP contribution >= 0.6 is 11.8 Å². The van der Waals surface area contributed by atoms with Crippen LogP contribution in [0.5, 0.6) is 0 Å². The van der Waals surface area contributed by atoms with E-state index in [2.05, 4.69) is 0 Å². The van der Waals surface area contributed by atoms with E-state index in [0.717, 1.165) is 17.0 Å². The van der Waals surface area contributed by atoms with Crippen LogP contribution in [0.1, 0.15) is 11.7 Å². The molecule has 2 aromatic rings. The highest BCUT2D eigenvalue weighted by Gasteiger charge is 2.33. The second kappa shape index (κ2) is 5.13. The van der Waals surface area contributed by atoms with Gasteiger partial charge in [-0.2, -0.15) is 0 Å². The number of anilines is 1. The highest BCUT2D eigenvalue weighted by atomic mass is 32.2. The van der Waals surface area contributed by atoms with Crippen LogP contribution in [0, 0.1) is 11.6 Å². The topological polar surface area (TPSA) is 40.5 Å². The molecule has 0 spiro atoms. The monoisotopic (exact) mass is 307 g/mol. The van der Waals surface area contributed by atoms with E-state index in [1.165, 1.54) is 22.7 Å². The van der Waals surface area contributed by atoms with Crippen molar-refractivity contribution < 1.29 is 18.7 Å². The predicted octanol–water partition coefficient (Wildman–Crippen LogP) is 3.13. The van der Waals surface area contributed by atoms with Crippen molar-refractivity contribution in [2.75, 3.05) is 11.9 Å². The molecule has 0 saturated carbocycles. The number of fused-ring (bicyclic) bond motifs is 1. The molecule has 0 fully saturated rings. The lowest BCUT2D eigenvalue weighted by Gasteiger charge is -2.11. The van der Waals surface area contributed by atoms with Gasteiger partial charge in [0.15, 0.2) is 17.7 Å². The average molecular weight is 307 g/mol. The van der Waals surface area contributed by atoms with E-state index in [0.29, 0.717) is 16.1 Å². The van der Waals surface area contributed by atoms with Gasteiger partial charge in [0.25, 0.3) is 5.91 Å². The number of rotatable bonds is 2. The third-order valence-electron chi connectivity index (χ3n) is 3.35. The van der Waals surface area contributed by atoms with Gasteiger partial charge in [0.2, 0.25) is 0 Å². The molecule has 1 N–H and O–H groups in total. The number of amides is 1. The van der Waals surface area contributed by atoms with Crippen LogP contribution in [0.3, 0.4) is 0 Å². The quantitative estimate of drug-likeness (QED) is 0.926. The molecule has 1 aliphatic heterocycles. The standard InChI is InChI=1S/C15H11F2NO2S/c1-18-13-7-9(2-4-10(13)14(19)15(18)20)21-8-3-5-11(16)12(17)6-8/h2-7,14,19H,1H3. The van der Waals surface area contributed by atoms with Gasteiger partial charge in [-0.25, -0.2) is 8.78 Å². The van der Waals surface area contributed by atoms with Gasteiger partial charge in [-0.15, -0.1) is 0 Å². The SMILES string of the molecule is CN1C(=O)C(O)c2ccc(Sc3ccc(F)c(F)c3)cc21. The highest BCUT2D eigenvalue weighted by molar-refractivity contribution is 7.99. The average Bonchev–Trinajstić information content (AvgIpc) is 2.68. The van der Waals surface area contributed by atoms with Gasteiger partial charge in [-0.3, -0.25) is 4.79 Å². The van der Waals surface area contributed by atoms with Gasteiger partial charge in [-0.05, 0) is 30.3 Å². The first-order chi connectivity index (χ1) is 9.97. The zero-order valence-electron chi connectivity index (χ0n) is 11.0. The van der Waals surface area contributed by atoms with Gasteiger partial charge in [0, 0.05) is 22.4 Å². The fourth-order valence-corrected chi connectivity index (χ4v) is 3.10. The molecule has 1 heterocycles. The Morgan fingerprint density at radius 1 is 1.10 bits per heavy atom. The van der Waals surface area contributed by atoms with E-state index in [9.17, 15) is 18.7 Å². The van der Waals surface area contributed by atoms with Gasteiger partial charge < -0.3 is 10.0 Å². The van der Waals surface area contributed by atoms with Gasteiger partial charge >= 0.3 is 0 Å². The fourth-order valence-electron chi connectivity index (χ4n) is 2.22. The molecule has 6 heteroatoms. The fraction of sp³-hybridized carbons (Fsp3) is 0.133. The summed E-state index contributed by atoms with van der Waals surface area (Å²) in [7, 11) is 1.59. The zero-order valence-corrected chi connectivity index (χ0v) is 11.8. The second-order valence-corrected chi connectivity index (χ2v) is 5.85. The third-order valence-corrected chi connectivity index (χ3v) is 4.33. The number of halogens is 2. The Morgan fingerprint density at radius 3 is 2.48 bits per heavy atom. The molecule has 0 radical (unpaired) electrons. The van der Waals surface area contributed by atoms with Crippen LogP contribution in [0.15, 0.2) is 46.2 Å². The van der Waals surface area contributed by atoms with Crippen LogP contribution < -0.4 is 4.90 Å². The Kier molecular flexibility index (Phi) is 3.43. The lowest BCUT2D eigenvalue weighted by molar-refractivity contribution is -0.125. The summed E-state index contributed by atoms with van der Waals surface area (Å²) in [4.78, 5) is 14.4. The van der Waals surface area contributed by atoms with E-state index in [1.54, 1.807) is 25.2 Å². The van der Waals surface area contributed by atoms with E-state index < -0.39 is 17.7 Å². The maximum Gasteiger partial charge on any atom is 0.260 e. The molecular weight excluding hydrogens is 296 g/mol. The molecule has 108 valence electrons. The summed E-state index contributed by atoms with van der Waals surface area (Å²) in [6, 6.07) is 8.83. The number of carbonyl (C=O) groups is 1. The summed E-state index contributed by atoms with van der Waals surface area (Å²) in [6.45, 7) is 0. The van der Waals surface area contributed by atoms with E-state index in [-0.39, 0.29) is 5.91 Å². The smallest absolute Gasteiger partial charge is 0.260 e. The Hall–Kier alpha value is -1.92. The Labute approximate surface area is 124 Å². The molecule has 1 atom stereocenters. The summed E-state index contributed by atoms with van der Waals surface area (Å²) in [6.07, 6.45) is -1.13. The minimum atomic E-state index is -1.13. The molecule has 3 nitrogen and oxygen atoms in total. The number of aliphatic hydroxyl groups excluding tert-OH is 1. The van der Waals surface area contributed by atoms with Gasteiger partial charge in [-0.1, -0.05) is 17.8 Å². The molecule has 0 bridgehead atoms. The summed E-state index contributed by atoms with van der Waals surface area (Å²) in [5.41, 5.74) is 1.18. The van der Waals surface area contributed by atoms with Crippen molar-refractivity contribution in [1.82, 2.24) is 0 Å². The lowest BCUT2D eigenvalue weighted by atomic mass is 10.1. The summed E-state index contributed by atoms with van der Waals surface area (Å²) in [5.74, 6) is -2.16. The number of hydrogen-bond donors (Lipinski definition) is 1. The second-order valence-electron chi connectivity index (χ2n) is 4.70. The summed E-state index contributed by atoms with van der Waals surface area (Å²) >= 11 is 1.25.